The molecule has 0 radical (unpaired) electrons. The Kier molecular flexibility index (Phi) is 1.66. The van der Waals surface area contributed by atoms with E-state index in [2.05, 4.69) is 9.97 Å². The molecule has 0 aliphatic heterocycles. The average Bonchev–Trinajstić information content (AvgIpc) is 2.42. The van der Waals surface area contributed by atoms with Crippen molar-refractivity contribution in [1.82, 2.24) is 9.97 Å². The Bertz CT molecular complexity index is 480. The van der Waals surface area contributed by atoms with Gasteiger partial charge < -0.3 is 4.98 Å². The summed E-state index contributed by atoms with van der Waals surface area (Å²) in [5, 5.41) is 10.6. The minimum atomic E-state index is -0.464. The van der Waals surface area contributed by atoms with Crippen LogP contribution in [0.1, 0.15) is 0 Å². The molecule has 0 bridgehead atoms. The fraction of sp³-hybridized carbons (Fsp3) is 0. The molecule has 1 aromatic heterocycles. The molecule has 1 aromatic carbocycles. The summed E-state index contributed by atoms with van der Waals surface area (Å²) in [5.74, 6) is 0. The summed E-state index contributed by atoms with van der Waals surface area (Å²) in [4.78, 5) is 16.5. The largest absolute Gasteiger partial charge is 0.328 e. The van der Waals surface area contributed by atoms with Gasteiger partial charge in [0, 0.05) is 12.1 Å². The molecule has 0 spiro atoms. The number of hydrogen-bond donors (Lipinski definition) is 1. The second-order valence-electron chi connectivity index (χ2n) is 2.49. The molecule has 5 nitrogen and oxygen atoms in total. The van der Waals surface area contributed by atoms with Crippen molar-refractivity contribution < 1.29 is 4.92 Å². The van der Waals surface area contributed by atoms with Gasteiger partial charge in [-0.1, -0.05) is 0 Å². The molecule has 1 N–H and O–H groups in total. The number of H-pyrrole nitrogens is 1. The maximum Gasteiger partial charge on any atom is 0.271 e. The Labute approximate surface area is 77.5 Å². The second kappa shape index (κ2) is 2.70. The minimum Gasteiger partial charge on any atom is -0.328 e. The number of aromatic nitrogens is 2. The van der Waals surface area contributed by atoms with Crippen molar-refractivity contribution in [2.45, 2.75) is 0 Å². The van der Waals surface area contributed by atoms with Crippen LogP contribution in [-0.4, -0.2) is 14.9 Å². The van der Waals surface area contributed by atoms with Gasteiger partial charge in [0.25, 0.3) is 5.69 Å². The van der Waals surface area contributed by atoms with Gasteiger partial charge in [-0.05, 0) is 17.7 Å². The number of nitro benzene ring substituents is 1. The molecule has 0 saturated heterocycles. The predicted octanol–water partition coefficient (Wildman–Crippen LogP) is 2.12. The molecule has 66 valence electrons. The lowest BCUT2D eigenvalue weighted by Crippen LogP contribution is -1.86. The summed E-state index contributed by atoms with van der Waals surface area (Å²) in [6.45, 7) is 0. The lowest BCUT2D eigenvalue weighted by Gasteiger charge is -1.89. The Balaban J connectivity index is 2.67. The fourth-order valence-corrected chi connectivity index (χ4v) is 1.27. The molecular formula is C7H4ClN3O2. The van der Waals surface area contributed by atoms with Crippen molar-refractivity contribution >= 4 is 28.3 Å². The minimum absolute atomic E-state index is 0.0211. The highest BCUT2D eigenvalue weighted by atomic mass is 35.5. The highest BCUT2D eigenvalue weighted by Crippen LogP contribution is 2.20. The van der Waals surface area contributed by atoms with Crippen molar-refractivity contribution in [2.75, 3.05) is 0 Å². The number of nitrogens with zero attached hydrogens (tertiary/aromatic N) is 2. The number of hydrogen-bond acceptors (Lipinski definition) is 3. The molecule has 6 heteroatoms. The smallest absolute Gasteiger partial charge is 0.271 e. The molecule has 0 amide bonds. The molecule has 0 saturated carbocycles. The highest BCUT2D eigenvalue weighted by Gasteiger charge is 2.08. The van der Waals surface area contributed by atoms with Crippen LogP contribution >= 0.6 is 11.6 Å². The van der Waals surface area contributed by atoms with Gasteiger partial charge in [-0.25, -0.2) is 4.98 Å². The van der Waals surface area contributed by atoms with Crippen molar-refractivity contribution in [1.29, 1.82) is 0 Å². The van der Waals surface area contributed by atoms with E-state index in [4.69, 9.17) is 11.6 Å². The summed E-state index contributed by atoms with van der Waals surface area (Å²) in [5.41, 5.74) is 1.21. The number of nitrogens with one attached hydrogen (secondary N) is 1. The number of nitro groups is 1. The van der Waals surface area contributed by atoms with Gasteiger partial charge in [0.15, 0.2) is 0 Å². The monoisotopic (exact) mass is 197 g/mol. The molecule has 0 unspecified atom stereocenters. The van der Waals surface area contributed by atoms with Crippen LogP contribution in [0.15, 0.2) is 18.2 Å². The van der Waals surface area contributed by atoms with Gasteiger partial charge in [0.1, 0.15) is 0 Å². The highest BCUT2D eigenvalue weighted by molar-refractivity contribution is 6.29. The molecule has 13 heavy (non-hydrogen) atoms. The molecule has 0 aliphatic rings. The van der Waals surface area contributed by atoms with Crippen molar-refractivity contribution in [2.24, 2.45) is 0 Å². The van der Waals surface area contributed by atoms with Gasteiger partial charge in [-0.2, -0.15) is 0 Å². The van der Waals surface area contributed by atoms with Crippen molar-refractivity contribution in [3.63, 3.8) is 0 Å². The van der Waals surface area contributed by atoms with Crippen LogP contribution in [-0.2, 0) is 0 Å². The summed E-state index contributed by atoms with van der Waals surface area (Å²) in [6, 6.07) is 4.34. The SMILES string of the molecule is O=[N+]([O-])c1ccc2nc(Cl)[nH]c2c1. The van der Waals surface area contributed by atoms with Crippen LogP contribution in [0, 0.1) is 10.1 Å². The number of aromatic amines is 1. The van der Waals surface area contributed by atoms with Gasteiger partial charge in [0.2, 0.25) is 5.28 Å². The molecule has 2 aromatic rings. The molecule has 0 atom stereocenters. The van der Waals surface area contributed by atoms with E-state index in [9.17, 15) is 10.1 Å². The summed E-state index contributed by atoms with van der Waals surface area (Å²) in [7, 11) is 0. The maximum absolute atomic E-state index is 10.4. The van der Waals surface area contributed by atoms with Crippen LogP contribution in [0.3, 0.4) is 0 Å². The van der Waals surface area contributed by atoms with E-state index in [-0.39, 0.29) is 11.0 Å². The topological polar surface area (TPSA) is 71.8 Å². The second-order valence-corrected chi connectivity index (χ2v) is 2.84. The van der Waals surface area contributed by atoms with Crippen molar-refractivity contribution in [3.05, 3.63) is 33.6 Å². The normalized spacial score (nSPS) is 10.5. The van der Waals surface area contributed by atoms with Crippen molar-refractivity contribution in [3.8, 4) is 0 Å². The first-order chi connectivity index (χ1) is 6.16. The molecule has 0 fully saturated rings. The third kappa shape index (κ3) is 1.33. The molecular weight excluding hydrogens is 194 g/mol. The first-order valence-electron chi connectivity index (χ1n) is 3.46. The first kappa shape index (κ1) is 8.00. The average molecular weight is 198 g/mol. The van der Waals surface area contributed by atoms with E-state index in [1.807, 2.05) is 0 Å². The quantitative estimate of drug-likeness (QED) is 0.562. The standard InChI is InChI=1S/C7H4ClN3O2/c8-7-9-5-2-1-4(11(12)13)3-6(5)10-7/h1-3H,(H,9,10). The number of non-ortho nitro benzene ring substituents is 1. The van der Waals surface area contributed by atoms with E-state index in [0.29, 0.717) is 11.0 Å². The van der Waals surface area contributed by atoms with E-state index in [1.54, 1.807) is 6.07 Å². The summed E-state index contributed by atoms with van der Waals surface area (Å²) in [6.07, 6.45) is 0. The van der Waals surface area contributed by atoms with E-state index < -0.39 is 4.92 Å². The predicted molar refractivity (Wildman–Crippen MR) is 47.8 cm³/mol. The fourth-order valence-electron chi connectivity index (χ4n) is 1.08. The molecule has 2 rings (SSSR count). The third-order valence-electron chi connectivity index (χ3n) is 1.65. The van der Waals surface area contributed by atoms with E-state index in [0.717, 1.165) is 0 Å². The summed E-state index contributed by atoms with van der Waals surface area (Å²) < 4.78 is 0. The van der Waals surface area contributed by atoms with Crippen LogP contribution in [0.5, 0.6) is 0 Å². The van der Waals surface area contributed by atoms with Crippen LogP contribution in [0.25, 0.3) is 11.0 Å². The lowest BCUT2D eigenvalue weighted by atomic mass is 10.3. The van der Waals surface area contributed by atoms with E-state index >= 15 is 0 Å². The Morgan fingerprint density at radius 2 is 2.31 bits per heavy atom. The van der Waals surface area contributed by atoms with Gasteiger partial charge >= 0.3 is 0 Å². The number of imidazole rings is 1. The van der Waals surface area contributed by atoms with Crippen LogP contribution < -0.4 is 0 Å². The number of benzene rings is 1. The van der Waals surface area contributed by atoms with Crippen LogP contribution in [0.4, 0.5) is 5.69 Å². The number of halogens is 1. The Morgan fingerprint density at radius 1 is 1.54 bits per heavy atom. The van der Waals surface area contributed by atoms with Gasteiger partial charge in [-0.15, -0.1) is 0 Å². The van der Waals surface area contributed by atoms with Gasteiger partial charge in [-0.3, -0.25) is 10.1 Å². The van der Waals surface area contributed by atoms with Gasteiger partial charge in [0.05, 0.1) is 16.0 Å². The molecule has 1 heterocycles. The maximum atomic E-state index is 10.4. The first-order valence-corrected chi connectivity index (χ1v) is 3.84. The Morgan fingerprint density at radius 3 is 3.00 bits per heavy atom. The molecule has 0 aliphatic carbocycles. The number of fused-ring (bicyclic) bond motifs is 1. The van der Waals surface area contributed by atoms with E-state index in [1.165, 1.54) is 12.1 Å². The zero-order valence-electron chi connectivity index (χ0n) is 6.32. The van der Waals surface area contributed by atoms with Crippen LogP contribution in [0.2, 0.25) is 5.28 Å². The summed E-state index contributed by atoms with van der Waals surface area (Å²) >= 11 is 5.58. The third-order valence-corrected chi connectivity index (χ3v) is 1.83. The zero-order chi connectivity index (χ0) is 9.42. The number of rotatable bonds is 1. The lowest BCUT2D eigenvalue weighted by molar-refractivity contribution is -0.384. The Hall–Kier alpha value is -1.62. The zero-order valence-corrected chi connectivity index (χ0v) is 7.08.